The van der Waals surface area contributed by atoms with Crippen LogP contribution in [-0.4, -0.2) is 0 Å². The van der Waals surface area contributed by atoms with Gasteiger partial charge in [-0.05, 0) is 54.5 Å². The van der Waals surface area contributed by atoms with Crippen molar-refractivity contribution in [1.82, 2.24) is 0 Å². The third kappa shape index (κ3) is 3.61. The highest BCUT2D eigenvalue weighted by Crippen LogP contribution is 2.41. The SMILES string of the molecule is Cc1ccc2c(oc3c(C#N)c(-c4ccc(C5CCCCC5)cc4)ccc32)c1-c1cccc[n+]1C. The van der Waals surface area contributed by atoms with Crippen molar-refractivity contribution >= 4 is 21.9 Å². The van der Waals surface area contributed by atoms with Gasteiger partial charge in [-0.3, -0.25) is 0 Å². The van der Waals surface area contributed by atoms with Crippen molar-refractivity contribution in [2.75, 3.05) is 0 Å². The average Bonchev–Trinajstić information content (AvgIpc) is 3.28. The van der Waals surface area contributed by atoms with Crippen LogP contribution in [0.3, 0.4) is 0 Å². The lowest BCUT2D eigenvalue weighted by molar-refractivity contribution is -0.660. The molecule has 172 valence electrons. The van der Waals surface area contributed by atoms with Crippen molar-refractivity contribution in [2.24, 2.45) is 7.05 Å². The Morgan fingerprint density at radius 2 is 1.60 bits per heavy atom. The van der Waals surface area contributed by atoms with Crippen molar-refractivity contribution in [2.45, 2.75) is 44.9 Å². The molecule has 3 nitrogen and oxygen atoms in total. The van der Waals surface area contributed by atoms with Crippen molar-refractivity contribution < 1.29 is 8.98 Å². The lowest BCUT2D eigenvalue weighted by atomic mass is 9.83. The number of furan rings is 1. The van der Waals surface area contributed by atoms with Crippen molar-refractivity contribution in [3.8, 4) is 28.5 Å². The molecule has 0 aliphatic heterocycles. The highest BCUT2D eigenvalue weighted by molar-refractivity contribution is 6.12. The Balaban J connectivity index is 1.51. The van der Waals surface area contributed by atoms with Crippen LogP contribution >= 0.6 is 0 Å². The lowest BCUT2D eigenvalue weighted by Gasteiger charge is -2.22. The maximum atomic E-state index is 10.2. The van der Waals surface area contributed by atoms with Gasteiger partial charge in [-0.25, -0.2) is 4.57 Å². The summed E-state index contributed by atoms with van der Waals surface area (Å²) in [4.78, 5) is 0. The zero-order valence-electron chi connectivity index (χ0n) is 20.3. The van der Waals surface area contributed by atoms with Crippen molar-refractivity contribution in [3.05, 3.63) is 89.6 Å². The molecule has 0 radical (unpaired) electrons. The summed E-state index contributed by atoms with van der Waals surface area (Å²) in [7, 11) is 2.05. The first-order valence-corrected chi connectivity index (χ1v) is 12.6. The maximum Gasteiger partial charge on any atom is 0.216 e. The van der Waals surface area contributed by atoms with Crippen LogP contribution in [0.1, 0.15) is 54.7 Å². The third-order valence-corrected chi connectivity index (χ3v) is 7.74. The minimum Gasteiger partial charge on any atom is -0.454 e. The van der Waals surface area contributed by atoms with E-state index >= 15 is 0 Å². The molecule has 0 unspecified atom stereocenters. The number of benzene rings is 3. The van der Waals surface area contributed by atoms with Crippen LogP contribution in [0.15, 0.2) is 77.3 Å². The average molecular weight is 458 g/mol. The van der Waals surface area contributed by atoms with Gasteiger partial charge in [0.05, 0.1) is 5.56 Å². The summed E-state index contributed by atoms with van der Waals surface area (Å²) in [5.41, 5.74) is 8.83. The van der Waals surface area contributed by atoms with Gasteiger partial charge < -0.3 is 4.42 Å². The summed E-state index contributed by atoms with van der Waals surface area (Å²) in [6, 6.07) is 25.9. The number of aryl methyl sites for hydroxylation is 2. The largest absolute Gasteiger partial charge is 0.454 e. The molecular formula is C32H29N2O+. The van der Waals surface area contributed by atoms with Crippen molar-refractivity contribution in [1.29, 1.82) is 5.26 Å². The van der Waals surface area contributed by atoms with Crippen LogP contribution in [-0.2, 0) is 7.05 Å². The predicted molar refractivity (Wildman–Crippen MR) is 141 cm³/mol. The van der Waals surface area contributed by atoms with E-state index in [4.69, 9.17) is 4.42 Å². The van der Waals surface area contributed by atoms with Crippen LogP contribution in [0.4, 0.5) is 0 Å². The first-order chi connectivity index (χ1) is 17.2. The number of fused-ring (bicyclic) bond motifs is 3. The molecule has 0 saturated heterocycles. The summed E-state index contributed by atoms with van der Waals surface area (Å²) in [6.45, 7) is 2.11. The van der Waals surface area contributed by atoms with Crippen molar-refractivity contribution in [3.63, 3.8) is 0 Å². The zero-order chi connectivity index (χ0) is 23.9. The first kappa shape index (κ1) is 21.6. The molecule has 0 N–H and O–H groups in total. The molecule has 0 atom stereocenters. The second kappa shape index (κ2) is 8.71. The van der Waals surface area contributed by atoms with Gasteiger partial charge in [-0.15, -0.1) is 0 Å². The number of nitrogens with zero attached hydrogens (tertiary/aromatic N) is 2. The summed E-state index contributed by atoms with van der Waals surface area (Å²) >= 11 is 0. The zero-order valence-corrected chi connectivity index (χ0v) is 20.3. The molecule has 6 rings (SSSR count). The van der Waals surface area contributed by atoms with Gasteiger partial charge in [0.15, 0.2) is 11.8 Å². The topological polar surface area (TPSA) is 40.8 Å². The summed E-state index contributed by atoms with van der Waals surface area (Å²) in [5.74, 6) is 0.673. The highest BCUT2D eigenvalue weighted by atomic mass is 16.3. The van der Waals surface area contributed by atoms with Crippen LogP contribution in [0.2, 0.25) is 0 Å². The number of pyridine rings is 1. The van der Waals surface area contributed by atoms with Gasteiger partial charge >= 0.3 is 0 Å². The Kier molecular flexibility index (Phi) is 5.38. The van der Waals surface area contributed by atoms with E-state index in [0.29, 0.717) is 17.1 Å². The van der Waals surface area contributed by atoms with E-state index in [2.05, 4.69) is 72.2 Å². The fourth-order valence-electron chi connectivity index (χ4n) is 5.83. The second-order valence-electron chi connectivity index (χ2n) is 9.87. The summed E-state index contributed by atoms with van der Waals surface area (Å²) in [5, 5.41) is 12.3. The lowest BCUT2D eigenvalue weighted by Crippen LogP contribution is -2.30. The Labute approximate surface area is 206 Å². The molecule has 0 amide bonds. The molecule has 2 heterocycles. The monoisotopic (exact) mass is 457 g/mol. The normalized spacial score (nSPS) is 14.4. The van der Waals surface area contributed by atoms with Gasteiger partial charge in [0.25, 0.3) is 0 Å². The second-order valence-corrected chi connectivity index (χ2v) is 9.87. The van der Waals surface area contributed by atoms with Gasteiger partial charge in [-0.1, -0.05) is 61.7 Å². The van der Waals surface area contributed by atoms with Gasteiger partial charge in [-0.2, -0.15) is 5.26 Å². The van der Waals surface area contributed by atoms with Crippen LogP contribution < -0.4 is 4.57 Å². The van der Waals surface area contributed by atoms with E-state index in [1.54, 1.807) is 0 Å². The minimum atomic E-state index is 0.602. The molecule has 0 spiro atoms. The number of hydrogen-bond acceptors (Lipinski definition) is 2. The Bertz CT molecular complexity index is 1600. The van der Waals surface area contributed by atoms with E-state index in [9.17, 15) is 5.26 Å². The minimum absolute atomic E-state index is 0.602. The molecular weight excluding hydrogens is 428 g/mol. The quantitative estimate of drug-likeness (QED) is 0.258. The molecule has 3 aromatic carbocycles. The van der Waals surface area contributed by atoms with Crippen LogP contribution in [0.5, 0.6) is 0 Å². The number of nitriles is 1. The Morgan fingerprint density at radius 1 is 0.857 bits per heavy atom. The van der Waals surface area contributed by atoms with E-state index in [1.165, 1.54) is 37.7 Å². The van der Waals surface area contributed by atoms with Gasteiger partial charge in [0.1, 0.15) is 24.3 Å². The Hall–Kier alpha value is -3.90. The van der Waals surface area contributed by atoms with E-state index < -0.39 is 0 Å². The highest BCUT2D eigenvalue weighted by Gasteiger charge is 2.23. The van der Waals surface area contributed by atoms with Crippen LogP contribution in [0.25, 0.3) is 44.3 Å². The van der Waals surface area contributed by atoms with E-state index in [1.807, 2.05) is 25.4 Å². The number of rotatable bonds is 3. The van der Waals surface area contributed by atoms with Crippen LogP contribution in [0, 0.1) is 18.3 Å². The standard InChI is InChI=1S/C32H29N2O/c1-21-11-16-27-26-18-17-25(24-14-12-23(13-15-24)22-8-4-3-5-9-22)28(20-33)31(26)35-32(27)30(21)29-10-6-7-19-34(29)2/h6-7,10-19,22H,3-5,8-9H2,1-2H3/q+1. The van der Waals surface area contributed by atoms with E-state index in [0.717, 1.165) is 44.3 Å². The summed E-state index contributed by atoms with van der Waals surface area (Å²) < 4.78 is 8.65. The fourth-order valence-corrected chi connectivity index (χ4v) is 5.83. The van der Waals surface area contributed by atoms with Gasteiger partial charge in [0.2, 0.25) is 5.69 Å². The molecule has 1 aliphatic carbocycles. The molecule has 0 bridgehead atoms. The maximum absolute atomic E-state index is 10.2. The molecule has 1 saturated carbocycles. The number of aromatic nitrogens is 1. The molecule has 2 aromatic heterocycles. The molecule has 3 heteroatoms. The molecule has 1 fully saturated rings. The smallest absolute Gasteiger partial charge is 0.216 e. The third-order valence-electron chi connectivity index (χ3n) is 7.74. The Morgan fingerprint density at radius 3 is 2.34 bits per heavy atom. The molecule has 5 aromatic rings. The summed E-state index contributed by atoms with van der Waals surface area (Å²) in [6.07, 6.45) is 8.64. The number of hydrogen-bond donors (Lipinski definition) is 0. The predicted octanol–water partition coefficient (Wildman–Crippen LogP) is 7.97. The first-order valence-electron chi connectivity index (χ1n) is 12.6. The fraction of sp³-hybridized carbons (Fsp3) is 0.250. The van der Waals surface area contributed by atoms with Gasteiger partial charge in [0, 0.05) is 28.5 Å². The molecule has 1 aliphatic rings. The molecule has 35 heavy (non-hydrogen) atoms. The van der Waals surface area contributed by atoms with E-state index in [-0.39, 0.29) is 0 Å².